The van der Waals surface area contributed by atoms with Crippen LogP contribution in [0, 0.1) is 0 Å². The standard InChI is InChI=1S/C29H35NO/c1-28(2)20-27(21-29(3,4)30(28)5)31-26-18-16-25(17-19-26)24-14-12-23(13-15-24)22-10-8-6-7-9-11-22/h6-19,22,27H,20-21H2,1-5H3. The van der Waals surface area contributed by atoms with Crippen LogP contribution in [0.3, 0.4) is 0 Å². The predicted molar refractivity (Wildman–Crippen MR) is 132 cm³/mol. The van der Waals surface area contributed by atoms with Crippen molar-refractivity contribution in [1.82, 2.24) is 4.90 Å². The average molecular weight is 414 g/mol. The summed E-state index contributed by atoms with van der Waals surface area (Å²) in [5.41, 5.74) is 4.03. The van der Waals surface area contributed by atoms with Crippen molar-refractivity contribution in [3.8, 4) is 16.9 Å². The Morgan fingerprint density at radius 1 is 0.710 bits per heavy atom. The minimum atomic E-state index is 0.131. The third-order valence-electron chi connectivity index (χ3n) is 7.03. The summed E-state index contributed by atoms with van der Waals surface area (Å²) in [6.07, 6.45) is 15.1. The second kappa shape index (κ2) is 8.51. The SMILES string of the molecule is CN1C(C)(C)CC(Oc2ccc(-c3ccc(C4C=CC=CC=C4)cc3)cc2)CC1(C)C. The molecule has 0 aromatic heterocycles. The molecule has 31 heavy (non-hydrogen) atoms. The van der Waals surface area contributed by atoms with E-state index in [1.54, 1.807) is 0 Å². The van der Waals surface area contributed by atoms with Crippen LogP contribution in [0.4, 0.5) is 0 Å². The number of benzene rings is 2. The van der Waals surface area contributed by atoms with Crippen molar-refractivity contribution < 1.29 is 4.74 Å². The number of allylic oxidation sites excluding steroid dienone is 6. The van der Waals surface area contributed by atoms with Gasteiger partial charge in [-0.15, -0.1) is 0 Å². The van der Waals surface area contributed by atoms with E-state index in [0.717, 1.165) is 18.6 Å². The van der Waals surface area contributed by atoms with Gasteiger partial charge in [0, 0.05) is 29.8 Å². The second-order valence-electron chi connectivity index (χ2n) is 10.2. The lowest BCUT2D eigenvalue weighted by atomic mass is 9.79. The maximum Gasteiger partial charge on any atom is 0.119 e. The summed E-state index contributed by atoms with van der Waals surface area (Å²) in [7, 11) is 2.23. The Kier molecular flexibility index (Phi) is 5.94. The predicted octanol–water partition coefficient (Wildman–Crippen LogP) is 7.15. The van der Waals surface area contributed by atoms with Crippen molar-refractivity contribution >= 4 is 0 Å². The first-order chi connectivity index (χ1) is 14.7. The van der Waals surface area contributed by atoms with E-state index >= 15 is 0 Å². The first-order valence-corrected chi connectivity index (χ1v) is 11.4. The van der Waals surface area contributed by atoms with E-state index in [1.165, 1.54) is 16.7 Å². The van der Waals surface area contributed by atoms with Crippen LogP contribution in [0.25, 0.3) is 11.1 Å². The van der Waals surface area contributed by atoms with E-state index in [4.69, 9.17) is 4.74 Å². The summed E-state index contributed by atoms with van der Waals surface area (Å²) < 4.78 is 6.43. The van der Waals surface area contributed by atoms with Gasteiger partial charge >= 0.3 is 0 Å². The molecule has 2 aromatic rings. The van der Waals surface area contributed by atoms with Crippen LogP contribution in [-0.2, 0) is 0 Å². The Balaban J connectivity index is 1.44. The molecule has 0 spiro atoms. The summed E-state index contributed by atoms with van der Waals surface area (Å²) in [5, 5.41) is 0. The van der Waals surface area contributed by atoms with Crippen molar-refractivity contribution in [3.63, 3.8) is 0 Å². The van der Waals surface area contributed by atoms with Crippen molar-refractivity contribution in [2.24, 2.45) is 0 Å². The molecule has 1 aliphatic heterocycles. The molecule has 0 bridgehead atoms. The van der Waals surface area contributed by atoms with E-state index in [0.29, 0.717) is 5.92 Å². The highest BCUT2D eigenvalue weighted by Crippen LogP contribution is 2.38. The number of nitrogens with zero attached hydrogens (tertiary/aromatic N) is 1. The van der Waals surface area contributed by atoms with Gasteiger partial charge in [0.1, 0.15) is 11.9 Å². The monoisotopic (exact) mass is 413 g/mol. The Hall–Kier alpha value is -2.58. The van der Waals surface area contributed by atoms with Crippen LogP contribution in [0.5, 0.6) is 5.75 Å². The highest BCUT2D eigenvalue weighted by Gasteiger charge is 2.43. The van der Waals surface area contributed by atoms with Gasteiger partial charge in [0.05, 0.1) is 0 Å². The van der Waals surface area contributed by atoms with Crippen LogP contribution in [0.15, 0.2) is 85.0 Å². The van der Waals surface area contributed by atoms with Gasteiger partial charge in [0.2, 0.25) is 0 Å². The molecule has 1 saturated heterocycles. The highest BCUT2D eigenvalue weighted by molar-refractivity contribution is 5.64. The molecule has 2 heteroatoms. The van der Waals surface area contributed by atoms with E-state index in [9.17, 15) is 0 Å². The fraction of sp³-hybridized carbons (Fsp3) is 0.379. The molecule has 2 aromatic carbocycles. The molecule has 0 saturated carbocycles. The number of likely N-dealkylation sites (tertiary alicyclic amines) is 1. The first kappa shape index (κ1) is 21.6. The Labute approximate surface area is 187 Å². The largest absolute Gasteiger partial charge is 0.490 e. The fourth-order valence-corrected chi connectivity index (χ4v) is 4.96. The van der Waals surface area contributed by atoms with Crippen LogP contribution in [0.1, 0.15) is 52.0 Å². The molecular weight excluding hydrogens is 378 g/mol. The first-order valence-electron chi connectivity index (χ1n) is 11.4. The molecule has 0 radical (unpaired) electrons. The zero-order chi connectivity index (χ0) is 22.1. The van der Waals surface area contributed by atoms with Crippen molar-refractivity contribution in [1.29, 1.82) is 0 Å². The normalized spacial score (nSPS) is 21.2. The highest BCUT2D eigenvalue weighted by atomic mass is 16.5. The van der Waals surface area contributed by atoms with Crippen LogP contribution in [0.2, 0.25) is 0 Å². The van der Waals surface area contributed by atoms with Gasteiger partial charge in [-0.3, -0.25) is 4.90 Å². The average Bonchev–Trinajstić information content (AvgIpc) is 3.02. The molecule has 0 amide bonds. The zero-order valence-corrected chi connectivity index (χ0v) is 19.5. The quantitative estimate of drug-likeness (QED) is 0.528. The maximum absolute atomic E-state index is 6.43. The molecule has 1 fully saturated rings. The summed E-state index contributed by atoms with van der Waals surface area (Å²) in [5.74, 6) is 1.30. The van der Waals surface area contributed by atoms with Gasteiger partial charge in [-0.25, -0.2) is 0 Å². The molecule has 1 heterocycles. The Morgan fingerprint density at radius 3 is 1.71 bits per heavy atom. The second-order valence-corrected chi connectivity index (χ2v) is 10.2. The van der Waals surface area contributed by atoms with Gasteiger partial charge in [0.15, 0.2) is 0 Å². The maximum atomic E-state index is 6.43. The molecule has 0 N–H and O–H groups in total. The number of ether oxygens (including phenoxy) is 1. The number of rotatable bonds is 4. The van der Waals surface area contributed by atoms with E-state index in [2.05, 4.69) is 125 Å². The number of hydrogen-bond acceptors (Lipinski definition) is 2. The van der Waals surface area contributed by atoms with Gasteiger partial charge in [-0.1, -0.05) is 72.9 Å². The van der Waals surface area contributed by atoms with Crippen LogP contribution >= 0.6 is 0 Å². The number of hydrogen-bond donors (Lipinski definition) is 0. The molecule has 2 aliphatic rings. The molecule has 4 rings (SSSR count). The molecule has 162 valence electrons. The molecule has 2 nitrogen and oxygen atoms in total. The number of piperidine rings is 1. The lowest BCUT2D eigenvalue weighted by molar-refractivity contribution is -0.0556. The van der Waals surface area contributed by atoms with Crippen LogP contribution < -0.4 is 4.74 Å². The third kappa shape index (κ3) is 4.85. The molecule has 0 atom stereocenters. The van der Waals surface area contributed by atoms with Gasteiger partial charge < -0.3 is 4.74 Å². The summed E-state index contributed by atoms with van der Waals surface area (Å²) in [6.45, 7) is 9.25. The fourth-order valence-electron chi connectivity index (χ4n) is 4.96. The van der Waals surface area contributed by atoms with Crippen molar-refractivity contribution in [3.05, 3.63) is 90.6 Å². The molecule has 0 unspecified atom stereocenters. The molecule has 1 aliphatic carbocycles. The van der Waals surface area contributed by atoms with E-state index in [1.807, 2.05) is 0 Å². The minimum absolute atomic E-state index is 0.131. The van der Waals surface area contributed by atoms with Gasteiger partial charge in [-0.2, -0.15) is 0 Å². The summed E-state index contributed by atoms with van der Waals surface area (Å²) >= 11 is 0. The van der Waals surface area contributed by atoms with E-state index in [-0.39, 0.29) is 17.2 Å². The van der Waals surface area contributed by atoms with Crippen LogP contribution in [-0.4, -0.2) is 29.1 Å². The third-order valence-corrected chi connectivity index (χ3v) is 7.03. The van der Waals surface area contributed by atoms with Crippen molar-refractivity contribution in [2.45, 2.75) is 63.6 Å². The molecular formula is C29H35NO. The summed E-state index contributed by atoms with van der Waals surface area (Å²) in [4.78, 5) is 2.49. The smallest absolute Gasteiger partial charge is 0.119 e. The van der Waals surface area contributed by atoms with Gasteiger partial charge in [0.25, 0.3) is 0 Å². The van der Waals surface area contributed by atoms with E-state index < -0.39 is 0 Å². The Bertz CT molecular complexity index is 942. The zero-order valence-electron chi connectivity index (χ0n) is 19.5. The summed E-state index contributed by atoms with van der Waals surface area (Å²) in [6, 6.07) is 17.5. The topological polar surface area (TPSA) is 12.5 Å². The van der Waals surface area contributed by atoms with Gasteiger partial charge in [-0.05, 0) is 63.6 Å². The lowest BCUT2D eigenvalue weighted by Crippen LogP contribution is -2.60. The Morgan fingerprint density at radius 2 is 1.19 bits per heavy atom. The van der Waals surface area contributed by atoms with Crippen molar-refractivity contribution in [2.75, 3.05) is 7.05 Å². The minimum Gasteiger partial charge on any atom is -0.490 e. The lowest BCUT2D eigenvalue weighted by Gasteiger charge is -2.53.